The van der Waals surface area contributed by atoms with E-state index in [1.165, 1.54) is 19.3 Å². The second-order valence-corrected chi connectivity index (χ2v) is 4.07. The Balaban J connectivity index is 2.11. The molecule has 0 aromatic carbocycles. The van der Waals surface area contributed by atoms with Crippen LogP contribution in [0.25, 0.3) is 0 Å². The van der Waals surface area contributed by atoms with Gasteiger partial charge in [0.25, 0.3) is 0 Å². The van der Waals surface area contributed by atoms with E-state index in [0.29, 0.717) is 6.54 Å². The summed E-state index contributed by atoms with van der Waals surface area (Å²) in [5, 5.41) is 7.06. The van der Waals surface area contributed by atoms with E-state index < -0.39 is 0 Å². The average molecular weight is 223 g/mol. The van der Waals surface area contributed by atoms with Gasteiger partial charge in [0.15, 0.2) is 0 Å². The van der Waals surface area contributed by atoms with E-state index in [1.54, 1.807) is 4.68 Å². The van der Waals surface area contributed by atoms with Crippen LogP contribution >= 0.6 is 0 Å². The molecule has 0 saturated heterocycles. The van der Waals surface area contributed by atoms with E-state index in [4.69, 9.17) is 0 Å². The second kappa shape index (κ2) is 7.04. The molecule has 1 heterocycles. The number of amides is 1. The van der Waals surface area contributed by atoms with Gasteiger partial charge in [0, 0.05) is 12.7 Å². The highest BCUT2D eigenvalue weighted by atomic mass is 16.2. The van der Waals surface area contributed by atoms with Gasteiger partial charge >= 0.3 is 0 Å². The topological polar surface area (TPSA) is 46.9 Å². The second-order valence-electron chi connectivity index (χ2n) is 4.07. The number of unbranched alkanes of at least 4 members (excludes halogenated alkanes) is 3. The smallest absolute Gasteiger partial charge is 0.241 e. The summed E-state index contributed by atoms with van der Waals surface area (Å²) in [5.74, 6) is 0.0413. The monoisotopic (exact) mass is 223 g/mol. The van der Waals surface area contributed by atoms with Gasteiger partial charge in [-0.25, -0.2) is 0 Å². The van der Waals surface area contributed by atoms with Crippen LogP contribution in [-0.2, 0) is 11.3 Å². The molecule has 0 fully saturated rings. The maximum atomic E-state index is 11.5. The lowest BCUT2D eigenvalue weighted by Crippen LogP contribution is -2.28. The third-order valence-corrected chi connectivity index (χ3v) is 2.43. The van der Waals surface area contributed by atoms with Gasteiger partial charge in [-0.2, -0.15) is 5.10 Å². The number of hydrogen-bond donors (Lipinski definition) is 1. The van der Waals surface area contributed by atoms with Crippen molar-refractivity contribution < 1.29 is 4.79 Å². The molecule has 16 heavy (non-hydrogen) atoms. The summed E-state index contributed by atoms with van der Waals surface area (Å²) in [5.41, 5.74) is 0.941. The first-order valence-electron chi connectivity index (χ1n) is 5.99. The summed E-state index contributed by atoms with van der Waals surface area (Å²) in [7, 11) is 0. The first-order chi connectivity index (χ1) is 7.72. The molecule has 1 rings (SSSR count). The number of hydrogen-bond acceptors (Lipinski definition) is 2. The van der Waals surface area contributed by atoms with Gasteiger partial charge in [0.1, 0.15) is 6.54 Å². The van der Waals surface area contributed by atoms with E-state index in [1.807, 2.05) is 19.2 Å². The Kier molecular flexibility index (Phi) is 5.61. The van der Waals surface area contributed by atoms with Crippen molar-refractivity contribution in [3.8, 4) is 0 Å². The molecule has 90 valence electrons. The van der Waals surface area contributed by atoms with Crippen LogP contribution in [0.5, 0.6) is 0 Å². The van der Waals surface area contributed by atoms with Crippen LogP contribution in [0.1, 0.15) is 38.3 Å². The lowest BCUT2D eigenvalue weighted by Gasteiger charge is -2.04. The fourth-order valence-electron chi connectivity index (χ4n) is 1.53. The molecule has 1 N–H and O–H groups in total. The van der Waals surface area contributed by atoms with Gasteiger partial charge in [0.05, 0.1) is 5.69 Å². The van der Waals surface area contributed by atoms with E-state index in [0.717, 1.165) is 18.7 Å². The van der Waals surface area contributed by atoms with Gasteiger partial charge in [-0.1, -0.05) is 26.2 Å². The normalized spacial score (nSPS) is 10.4. The molecule has 0 atom stereocenters. The number of carbonyl (C=O) groups is 1. The predicted molar refractivity (Wildman–Crippen MR) is 64.1 cm³/mol. The number of aryl methyl sites for hydroxylation is 1. The lowest BCUT2D eigenvalue weighted by molar-refractivity contribution is -0.121. The van der Waals surface area contributed by atoms with E-state index in [2.05, 4.69) is 17.3 Å². The zero-order valence-electron chi connectivity index (χ0n) is 10.2. The minimum atomic E-state index is 0.0413. The molecule has 0 unspecified atom stereocenters. The van der Waals surface area contributed by atoms with Crippen LogP contribution in [0.15, 0.2) is 12.3 Å². The van der Waals surface area contributed by atoms with E-state index in [-0.39, 0.29) is 5.91 Å². The fraction of sp³-hybridized carbons (Fsp3) is 0.667. The van der Waals surface area contributed by atoms with Crippen molar-refractivity contribution >= 4 is 5.91 Å². The van der Waals surface area contributed by atoms with Gasteiger partial charge < -0.3 is 5.32 Å². The van der Waals surface area contributed by atoms with E-state index >= 15 is 0 Å². The molecule has 0 aliphatic rings. The molecule has 0 aliphatic heterocycles. The standard InChI is InChI=1S/C12H21N3O/c1-3-4-5-6-8-13-12(16)10-15-9-7-11(2)14-15/h7,9H,3-6,8,10H2,1-2H3,(H,13,16). The summed E-state index contributed by atoms with van der Waals surface area (Å²) in [6.07, 6.45) is 6.55. The third kappa shape index (κ3) is 4.96. The molecule has 1 amide bonds. The van der Waals surface area contributed by atoms with Crippen LogP contribution in [-0.4, -0.2) is 22.2 Å². The minimum Gasteiger partial charge on any atom is -0.354 e. The van der Waals surface area contributed by atoms with Crippen molar-refractivity contribution in [2.75, 3.05) is 6.54 Å². The first-order valence-corrected chi connectivity index (χ1v) is 5.99. The largest absolute Gasteiger partial charge is 0.354 e. The highest BCUT2D eigenvalue weighted by Gasteiger charge is 2.02. The Labute approximate surface area is 97.0 Å². The molecular weight excluding hydrogens is 202 g/mol. The molecule has 0 spiro atoms. The number of carbonyl (C=O) groups excluding carboxylic acids is 1. The fourth-order valence-corrected chi connectivity index (χ4v) is 1.53. The van der Waals surface area contributed by atoms with Crippen LogP contribution in [0, 0.1) is 6.92 Å². The van der Waals surface area contributed by atoms with Crippen molar-refractivity contribution in [1.29, 1.82) is 0 Å². The number of nitrogens with zero attached hydrogens (tertiary/aromatic N) is 2. The van der Waals surface area contributed by atoms with Crippen LogP contribution < -0.4 is 5.32 Å². The molecule has 0 bridgehead atoms. The van der Waals surface area contributed by atoms with Gasteiger partial charge in [0.2, 0.25) is 5.91 Å². The molecule has 0 saturated carbocycles. The predicted octanol–water partition coefficient (Wildman–Crippen LogP) is 1.89. The summed E-state index contributed by atoms with van der Waals surface area (Å²) in [6.45, 7) is 5.19. The molecule has 0 radical (unpaired) electrons. The summed E-state index contributed by atoms with van der Waals surface area (Å²) in [4.78, 5) is 11.5. The average Bonchev–Trinajstić information content (AvgIpc) is 2.63. The quantitative estimate of drug-likeness (QED) is 0.717. The number of aromatic nitrogens is 2. The zero-order chi connectivity index (χ0) is 11.8. The maximum Gasteiger partial charge on any atom is 0.241 e. The van der Waals surface area contributed by atoms with Gasteiger partial charge in [-0.05, 0) is 19.4 Å². The molecular formula is C12H21N3O. The van der Waals surface area contributed by atoms with Crippen LogP contribution in [0.2, 0.25) is 0 Å². The summed E-state index contributed by atoms with van der Waals surface area (Å²) >= 11 is 0. The Morgan fingerprint density at radius 2 is 2.25 bits per heavy atom. The van der Waals surface area contributed by atoms with Gasteiger partial charge in [-0.3, -0.25) is 9.48 Å². The Hall–Kier alpha value is -1.32. The molecule has 4 heteroatoms. The maximum absolute atomic E-state index is 11.5. The number of rotatable bonds is 7. The Morgan fingerprint density at radius 3 is 2.88 bits per heavy atom. The van der Waals surface area contributed by atoms with Gasteiger partial charge in [-0.15, -0.1) is 0 Å². The Bertz CT molecular complexity index is 320. The van der Waals surface area contributed by atoms with Crippen LogP contribution in [0.4, 0.5) is 0 Å². The van der Waals surface area contributed by atoms with Crippen molar-refractivity contribution in [3.63, 3.8) is 0 Å². The van der Waals surface area contributed by atoms with Crippen molar-refractivity contribution in [3.05, 3.63) is 18.0 Å². The first kappa shape index (κ1) is 12.7. The highest BCUT2D eigenvalue weighted by Crippen LogP contribution is 1.97. The van der Waals surface area contributed by atoms with Crippen molar-refractivity contribution in [1.82, 2.24) is 15.1 Å². The van der Waals surface area contributed by atoms with Crippen LogP contribution in [0.3, 0.4) is 0 Å². The van der Waals surface area contributed by atoms with Crippen molar-refractivity contribution in [2.45, 2.75) is 46.1 Å². The zero-order valence-corrected chi connectivity index (χ0v) is 10.2. The van der Waals surface area contributed by atoms with E-state index in [9.17, 15) is 4.79 Å². The summed E-state index contributed by atoms with van der Waals surface area (Å²) in [6, 6.07) is 1.90. The lowest BCUT2D eigenvalue weighted by atomic mass is 10.2. The Morgan fingerprint density at radius 1 is 1.44 bits per heavy atom. The highest BCUT2D eigenvalue weighted by molar-refractivity contribution is 5.75. The SMILES string of the molecule is CCCCCCNC(=O)Cn1ccc(C)n1. The molecule has 4 nitrogen and oxygen atoms in total. The summed E-state index contributed by atoms with van der Waals surface area (Å²) < 4.78 is 1.66. The number of nitrogens with one attached hydrogen (secondary N) is 1. The van der Waals surface area contributed by atoms with Crippen molar-refractivity contribution in [2.24, 2.45) is 0 Å². The molecule has 1 aromatic rings. The molecule has 0 aliphatic carbocycles. The third-order valence-electron chi connectivity index (χ3n) is 2.43. The molecule has 1 aromatic heterocycles. The minimum absolute atomic E-state index is 0.0413.